The molecule has 4 bridgehead atoms. The Balaban J connectivity index is 1.14. The summed E-state index contributed by atoms with van der Waals surface area (Å²) in [6, 6.07) is 15.6. The summed E-state index contributed by atoms with van der Waals surface area (Å²) in [6.45, 7) is 4.11. The molecule has 0 saturated heterocycles. The Hall–Kier alpha value is -3.61. The molecular formula is C35H36N4OS. The molecule has 208 valence electrons. The molecule has 1 amide bonds. The molecule has 8 rings (SSSR count). The van der Waals surface area contributed by atoms with Gasteiger partial charge in [-0.15, -0.1) is 11.3 Å². The van der Waals surface area contributed by atoms with Crippen molar-refractivity contribution >= 4 is 28.3 Å². The number of rotatable bonds is 5. The maximum atomic E-state index is 13.2. The van der Waals surface area contributed by atoms with Crippen LogP contribution in [0.25, 0.3) is 11.8 Å². The molecule has 0 aliphatic heterocycles. The molecule has 41 heavy (non-hydrogen) atoms. The van der Waals surface area contributed by atoms with Crippen LogP contribution in [0.15, 0.2) is 35.9 Å². The SMILES string of the molecule is Cc1cc(/C=C(\C#N)C(=O)Nc2sc3c(c2C#N)CCCC3)c(C)n1-c1ccc(C23CC4CC(CC(C4)C2)C3)cc1. The van der Waals surface area contributed by atoms with Gasteiger partial charge < -0.3 is 9.88 Å². The number of benzene rings is 1. The lowest BCUT2D eigenvalue weighted by molar-refractivity contribution is -0.112. The van der Waals surface area contributed by atoms with E-state index in [1.807, 2.05) is 13.0 Å². The van der Waals surface area contributed by atoms with E-state index in [0.29, 0.717) is 16.0 Å². The third kappa shape index (κ3) is 4.45. The number of carbonyl (C=O) groups excluding carboxylic acids is 1. The molecule has 0 unspecified atom stereocenters. The van der Waals surface area contributed by atoms with Crippen molar-refractivity contribution in [3.63, 3.8) is 0 Å². The summed E-state index contributed by atoms with van der Waals surface area (Å²) in [5, 5.41) is 23.1. The van der Waals surface area contributed by atoms with E-state index in [2.05, 4.69) is 53.2 Å². The Labute approximate surface area is 246 Å². The van der Waals surface area contributed by atoms with Gasteiger partial charge >= 0.3 is 0 Å². The second-order valence-electron chi connectivity index (χ2n) is 13.1. The molecule has 3 aromatic rings. The lowest BCUT2D eigenvalue weighted by Crippen LogP contribution is -2.48. The second-order valence-corrected chi connectivity index (χ2v) is 14.2. The van der Waals surface area contributed by atoms with E-state index in [1.165, 1.54) is 60.3 Å². The summed E-state index contributed by atoms with van der Waals surface area (Å²) in [6.07, 6.45) is 14.1. The highest BCUT2D eigenvalue weighted by Gasteiger charge is 2.51. The zero-order valence-electron chi connectivity index (χ0n) is 23.9. The largest absolute Gasteiger partial charge is 0.318 e. The Kier molecular flexibility index (Phi) is 6.44. The standard InChI is InChI=1S/C35H36N4OS/c1-21-11-26(15-27(19-36)33(40)38-34-31(20-37)30-5-3-4-6-32(30)41-34)22(2)39(21)29-9-7-28(8-10-29)35-16-23-12-24(17-35)14-25(13-23)18-35/h7-11,15,23-25H,3-6,12-14,16-18H2,1-2H3,(H,38,40)/b27-15+. The molecule has 1 N–H and O–H groups in total. The van der Waals surface area contributed by atoms with Gasteiger partial charge in [-0.25, -0.2) is 0 Å². The highest BCUT2D eigenvalue weighted by atomic mass is 32.1. The molecular weight excluding hydrogens is 524 g/mol. The summed E-state index contributed by atoms with van der Waals surface area (Å²) in [5.41, 5.74) is 7.58. The first-order valence-electron chi connectivity index (χ1n) is 15.1. The summed E-state index contributed by atoms with van der Waals surface area (Å²) in [4.78, 5) is 14.4. The van der Waals surface area contributed by atoms with Crippen LogP contribution >= 0.6 is 11.3 Å². The van der Waals surface area contributed by atoms with Crippen molar-refractivity contribution in [1.82, 2.24) is 4.57 Å². The van der Waals surface area contributed by atoms with E-state index in [9.17, 15) is 15.3 Å². The van der Waals surface area contributed by atoms with Gasteiger partial charge in [0.2, 0.25) is 0 Å². The fourth-order valence-electron chi connectivity index (χ4n) is 9.01. The Morgan fingerprint density at radius 3 is 2.32 bits per heavy atom. The molecule has 4 saturated carbocycles. The van der Waals surface area contributed by atoms with E-state index in [0.717, 1.165) is 71.6 Å². The second kappa shape index (κ2) is 10.0. The highest BCUT2D eigenvalue weighted by molar-refractivity contribution is 7.16. The van der Waals surface area contributed by atoms with Crippen molar-refractivity contribution in [1.29, 1.82) is 10.5 Å². The van der Waals surface area contributed by atoms with Crippen LogP contribution in [0.3, 0.4) is 0 Å². The first kappa shape index (κ1) is 26.3. The van der Waals surface area contributed by atoms with Crippen molar-refractivity contribution in [2.75, 3.05) is 5.32 Å². The fourth-order valence-corrected chi connectivity index (χ4v) is 10.2. The van der Waals surface area contributed by atoms with Gasteiger partial charge in [0.25, 0.3) is 5.91 Å². The summed E-state index contributed by atoms with van der Waals surface area (Å²) in [5.74, 6) is 2.31. The van der Waals surface area contributed by atoms with Gasteiger partial charge in [0.15, 0.2) is 0 Å². The number of carbonyl (C=O) groups is 1. The van der Waals surface area contributed by atoms with Crippen molar-refractivity contribution < 1.29 is 4.79 Å². The Bertz CT molecular complexity index is 1620. The van der Waals surface area contributed by atoms with Crippen molar-refractivity contribution in [2.45, 2.75) is 83.5 Å². The number of fused-ring (bicyclic) bond motifs is 1. The molecule has 5 nitrogen and oxygen atoms in total. The van der Waals surface area contributed by atoms with Crippen LogP contribution in [0.2, 0.25) is 0 Å². The van der Waals surface area contributed by atoms with E-state index in [1.54, 1.807) is 6.08 Å². The molecule has 6 heteroatoms. The number of nitrogens with one attached hydrogen (secondary N) is 1. The third-order valence-corrected chi connectivity index (χ3v) is 11.6. The Morgan fingerprint density at radius 2 is 1.68 bits per heavy atom. The number of nitriles is 2. The first-order chi connectivity index (χ1) is 19.9. The van der Waals surface area contributed by atoms with Crippen molar-refractivity contribution in [3.05, 3.63) is 74.4 Å². The van der Waals surface area contributed by atoms with Crippen molar-refractivity contribution in [3.8, 4) is 17.8 Å². The van der Waals surface area contributed by atoms with Crippen LogP contribution in [0.4, 0.5) is 5.00 Å². The maximum Gasteiger partial charge on any atom is 0.266 e. The number of anilines is 1. The minimum Gasteiger partial charge on any atom is -0.318 e. The van der Waals surface area contributed by atoms with Gasteiger partial charge in [-0.1, -0.05) is 12.1 Å². The van der Waals surface area contributed by atoms with Gasteiger partial charge in [-0.2, -0.15) is 10.5 Å². The molecule has 2 aromatic heterocycles. The third-order valence-electron chi connectivity index (χ3n) is 10.4. The minimum absolute atomic E-state index is 0.0395. The minimum atomic E-state index is -0.465. The maximum absolute atomic E-state index is 13.2. The first-order valence-corrected chi connectivity index (χ1v) is 16.0. The monoisotopic (exact) mass is 560 g/mol. The molecule has 0 radical (unpaired) electrons. The van der Waals surface area contributed by atoms with Crippen LogP contribution < -0.4 is 5.32 Å². The van der Waals surface area contributed by atoms with E-state index >= 15 is 0 Å². The highest BCUT2D eigenvalue weighted by Crippen LogP contribution is 2.60. The molecule has 4 fully saturated rings. The summed E-state index contributed by atoms with van der Waals surface area (Å²) < 4.78 is 2.21. The zero-order chi connectivity index (χ0) is 28.3. The van der Waals surface area contributed by atoms with Crippen LogP contribution in [0.1, 0.15) is 89.9 Å². The lowest BCUT2D eigenvalue weighted by atomic mass is 9.48. The topological polar surface area (TPSA) is 81.6 Å². The normalized spacial score (nSPS) is 26.3. The lowest BCUT2D eigenvalue weighted by Gasteiger charge is -2.57. The molecule has 1 aromatic carbocycles. The van der Waals surface area contributed by atoms with Gasteiger partial charge in [-0.3, -0.25) is 4.79 Å². The van der Waals surface area contributed by atoms with Crippen LogP contribution in [-0.2, 0) is 23.1 Å². The zero-order valence-corrected chi connectivity index (χ0v) is 24.7. The van der Waals surface area contributed by atoms with E-state index < -0.39 is 5.91 Å². The quantitative estimate of drug-likeness (QED) is 0.254. The van der Waals surface area contributed by atoms with E-state index in [-0.39, 0.29) is 5.57 Å². The molecule has 5 aliphatic carbocycles. The molecule has 0 spiro atoms. The molecule has 2 heterocycles. The van der Waals surface area contributed by atoms with Gasteiger partial charge in [-0.05, 0) is 142 Å². The number of amides is 1. The number of aromatic nitrogens is 1. The predicted octanol–water partition coefficient (Wildman–Crippen LogP) is 7.92. The summed E-state index contributed by atoms with van der Waals surface area (Å²) in [7, 11) is 0. The van der Waals surface area contributed by atoms with Crippen molar-refractivity contribution in [2.24, 2.45) is 17.8 Å². The van der Waals surface area contributed by atoms with Gasteiger partial charge in [0.05, 0.1) is 5.56 Å². The smallest absolute Gasteiger partial charge is 0.266 e. The molecule has 5 aliphatic rings. The summed E-state index contributed by atoms with van der Waals surface area (Å²) >= 11 is 1.48. The number of aryl methyl sites for hydroxylation is 2. The van der Waals surface area contributed by atoms with Crippen LogP contribution in [-0.4, -0.2) is 10.5 Å². The van der Waals surface area contributed by atoms with Crippen LogP contribution in [0, 0.1) is 54.3 Å². The van der Waals surface area contributed by atoms with Gasteiger partial charge in [0.1, 0.15) is 22.7 Å². The predicted molar refractivity (Wildman–Crippen MR) is 163 cm³/mol. The Morgan fingerprint density at radius 1 is 1.02 bits per heavy atom. The number of nitrogens with zero attached hydrogens (tertiary/aromatic N) is 3. The average Bonchev–Trinajstić information content (AvgIpc) is 3.45. The molecule has 0 atom stereocenters. The number of hydrogen-bond donors (Lipinski definition) is 1. The number of hydrogen-bond acceptors (Lipinski definition) is 4. The van der Waals surface area contributed by atoms with Gasteiger partial charge in [0, 0.05) is 22.0 Å². The number of thiophene rings is 1. The fraction of sp³-hybridized carbons (Fsp3) is 0.457. The average molecular weight is 561 g/mol. The van der Waals surface area contributed by atoms with E-state index in [4.69, 9.17) is 0 Å². The van der Waals surface area contributed by atoms with Crippen LogP contribution in [0.5, 0.6) is 0 Å².